The van der Waals surface area contributed by atoms with E-state index in [-0.39, 0.29) is 12.1 Å². The predicted molar refractivity (Wildman–Crippen MR) is 50.4 cm³/mol. The molecule has 0 saturated carbocycles. The zero-order valence-corrected chi connectivity index (χ0v) is 8.23. The summed E-state index contributed by atoms with van der Waals surface area (Å²) < 4.78 is 0. The Morgan fingerprint density at radius 2 is 2.31 bits per heavy atom. The molecule has 1 saturated heterocycles. The van der Waals surface area contributed by atoms with Crippen LogP contribution < -0.4 is 5.73 Å². The molecule has 0 amide bonds. The molecule has 1 fully saturated rings. The second kappa shape index (κ2) is 4.07. The molecule has 1 heterocycles. The van der Waals surface area contributed by atoms with Crippen molar-refractivity contribution in [2.45, 2.75) is 32.4 Å². The molecule has 0 spiro atoms. The van der Waals surface area contributed by atoms with Gasteiger partial charge in [0.1, 0.15) is 6.04 Å². The van der Waals surface area contributed by atoms with Crippen molar-refractivity contribution < 1.29 is 9.90 Å². The standard InChI is InChI=1S/C9H18N2O2/c1-6-5-11(4-3-8(6)10)7(2)9(12)13/h6-8H,3-5,10H2,1-2H3,(H,12,13). The molecule has 0 bridgehead atoms. The minimum Gasteiger partial charge on any atom is -0.480 e. The van der Waals surface area contributed by atoms with E-state index < -0.39 is 5.97 Å². The maximum absolute atomic E-state index is 10.7. The largest absolute Gasteiger partial charge is 0.480 e. The highest BCUT2D eigenvalue weighted by Crippen LogP contribution is 2.16. The Bertz CT molecular complexity index is 196. The molecule has 76 valence electrons. The number of carbonyl (C=O) groups is 1. The molecule has 0 aromatic carbocycles. The zero-order chi connectivity index (χ0) is 10.0. The van der Waals surface area contributed by atoms with Crippen LogP contribution in [0.1, 0.15) is 20.3 Å². The Labute approximate surface area is 78.7 Å². The molecule has 0 aliphatic carbocycles. The normalized spacial score (nSPS) is 32.8. The van der Waals surface area contributed by atoms with Gasteiger partial charge in [-0.3, -0.25) is 9.69 Å². The van der Waals surface area contributed by atoms with E-state index in [4.69, 9.17) is 10.8 Å². The fourth-order valence-electron chi connectivity index (χ4n) is 1.70. The Kier molecular flexibility index (Phi) is 3.27. The lowest BCUT2D eigenvalue weighted by atomic mass is 9.94. The molecule has 3 atom stereocenters. The highest BCUT2D eigenvalue weighted by Gasteiger charge is 2.28. The minimum atomic E-state index is -0.748. The van der Waals surface area contributed by atoms with E-state index in [1.54, 1.807) is 6.92 Å². The number of likely N-dealkylation sites (tertiary alicyclic amines) is 1. The van der Waals surface area contributed by atoms with Crippen molar-refractivity contribution in [3.8, 4) is 0 Å². The second-order valence-corrected chi connectivity index (χ2v) is 3.94. The first kappa shape index (κ1) is 10.5. The van der Waals surface area contributed by atoms with E-state index in [2.05, 4.69) is 6.92 Å². The van der Waals surface area contributed by atoms with E-state index >= 15 is 0 Å². The average Bonchev–Trinajstić information content (AvgIpc) is 2.08. The monoisotopic (exact) mass is 186 g/mol. The van der Waals surface area contributed by atoms with Gasteiger partial charge in [0.25, 0.3) is 0 Å². The summed E-state index contributed by atoms with van der Waals surface area (Å²) in [6.45, 7) is 5.41. The van der Waals surface area contributed by atoms with Crippen molar-refractivity contribution >= 4 is 5.97 Å². The number of piperidine rings is 1. The number of hydrogen-bond acceptors (Lipinski definition) is 3. The number of nitrogens with two attached hydrogens (primary N) is 1. The van der Waals surface area contributed by atoms with Gasteiger partial charge in [-0.25, -0.2) is 0 Å². The molecule has 0 aromatic rings. The van der Waals surface area contributed by atoms with Gasteiger partial charge in [-0.1, -0.05) is 6.92 Å². The average molecular weight is 186 g/mol. The fraction of sp³-hybridized carbons (Fsp3) is 0.889. The molecular formula is C9H18N2O2. The van der Waals surface area contributed by atoms with Crippen LogP contribution in [-0.4, -0.2) is 41.1 Å². The van der Waals surface area contributed by atoms with Crippen LogP contribution in [-0.2, 0) is 4.79 Å². The van der Waals surface area contributed by atoms with Crippen LogP contribution in [0, 0.1) is 5.92 Å². The first-order valence-corrected chi connectivity index (χ1v) is 4.74. The number of aliphatic carboxylic acids is 1. The summed E-state index contributed by atoms with van der Waals surface area (Å²) in [7, 11) is 0. The van der Waals surface area contributed by atoms with E-state index in [0.29, 0.717) is 5.92 Å². The zero-order valence-electron chi connectivity index (χ0n) is 8.23. The molecule has 1 aliphatic rings. The summed E-state index contributed by atoms with van der Waals surface area (Å²) in [5.41, 5.74) is 5.84. The van der Waals surface area contributed by atoms with Crippen molar-refractivity contribution in [3.05, 3.63) is 0 Å². The topological polar surface area (TPSA) is 66.6 Å². The third-order valence-electron chi connectivity index (χ3n) is 2.91. The second-order valence-electron chi connectivity index (χ2n) is 3.94. The summed E-state index contributed by atoms with van der Waals surface area (Å²) >= 11 is 0. The van der Waals surface area contributed by atoms with Crippen LogP contribution in [0.15, 0.2) is 0 Å². The molecule has 3 N–H and O–H groups in total. The molecular weight excluding hydrogens is 168 g/mol. The Hall–Kier alpha value is -0.610. The SMILES string of the molecule is CC1CN(C(C)C(=O)O)CCC1N. The lowest BCUT2D eigenvalue weighted by Crippen LogP contribution is -2.51. The van der Waals surface area contributed by atoms with Gasteiger partial charge in [0, 0.05) is 19.1 Å². The van der Waals surface area contributed by atoms with Crippen LogP contribution in [0.25, 0.3) is 0 Å². The van der Waals surface area contributed by atoms with Gasteiger partial charge in [0.2, 0.25) is 0 Å². The third kappa shape index (κ3) is 2.42. The van der Waals surface area contributed by atoms with Gasteiger partial charge in [0.05, 0.1) is 0 Å². The van der Waals surface area contributed by atoms with Gasteiger partial charge in [0.15, 0.2) is 0 Å². The van der Waals surface area contributed by atoms with E-state index in [1.807, 2.05) is 4.90 Å². The van der Waals surface area contributed by atoms with Crippen molar-refractivity contribution in [2.24, 2.45) is 11.7 Å². The van der Waals surface area contributed by atoms with Crippen molar-refractivity contribution in [1.82, 2.24) is 4.90 Å². The van der Waals surface area contributed by atoms with Crippen LogP contribution in [0.3, 0.4) is 0 Å². The molecule has 4 nitrogen and oxygen atoms in total. The first-order valence-electron chi connectivity index (χ1n) is 4.74. The summed E-state index contributed by atoms with van der Waals surface area (Å²) in [5, 5.41) is 8.81. The highest BCUT2D eigenvalue weighted by molar-refractivity contribution is 5.72. The fourth-order valence-corrected chi connectivity index (χ4v) is 1.70. The van der Waals surface area contributed by atoms with Crippen LogP contribution >= 0.6 is 0 Å². The minimum absolute atomic E-state index is 0.234. The quantitative estimate of drug-likeness (QED) is 0.643. The number of hydrogen-bond donors (Lipinski definition) is 2. The molecule has 1 rings (SSSR count). The highest BCUT2D eigenvalue weighted by atomic mass is 16.4. The van der Waals surface area contributed by atoms with Gasteiger partial charge in [-0.15, -0.1) is 0 Å². The number of carboxylic acid groups (broad SMARTS) is 1. The Morgan fingerprint density at radius 3 is 2.77 bits per heavy atom. The summed E-state index contributed by atoms with van der Waals surface area (Å²) in [4.78, 5) is 12.7. The molecule has 0 aromatic heterocycles. The third-order valence-corrected chi connectivity index (χ3v) is 2.91. The van der Waals surface area contributed by atoms with Gasteiger partial charge >= 0.3 is 5.97 Å². The Morgan fingerprint density at radius 1 is 1.69 bits per heavy atom. The maximum Gasteiger partial charge on any atom is 0.320 e. The molecule has 0 radical (unpaired) electrons. The van der Waals surface area contributed by atoms with Gasteiger partial charge in [-0.2, -0.15) is 0 Å². The number of carboxylic acids is 1. The van der Waals surface area contributed by atoms with Crippen LogP contribution in [0.5, 0.6) is 0 Å². The van der Waals surface area contributed by atoms with Crippen molar-refractivity contribution in [2.75, 3.05) is 13.1 Å². The number of nitrogens with zero attached hydrogens (tertiary/aromatic N) is 1. The lowest BCUT2D eigenvalue weighted by Gasteiger charge is -2.37. The van der Waals surface area contributed by atoms with Gasteiger partial charge in [-0.05, 0) is 19.3 Å². The predicted octanol–water partition coefficient (Wildman–Crippen LogP) is 0.129. The van der Waals surface area contributed by atoms with Crippen molar-refractivity contribution in [1.29, 1.82) is 0 Å². The summed E-state index contributed by atoms with van der Waals surface area (Å²) in [6, 6.07) is -0.146. The first-order chi connectivity index (χ1) is 6.02. The maximum atomic E-state index is 10.7. The molecule has 4 heteroatoms. The van der Waals surface area contributed by atoms with E-state index in [1.165, 1.54) is 0 Å². The van der Waals surface area contributed by atoms with E-state index in [0.717, 1.165) is 19.5 Å². The molecule has 1 aliphatic heterocycles. The molecule has 13 heavy (non-hydrogen) atoms. The summed E-state index contributed by atoms with van der Waals surface area (Å²) in [5.74, 6) is -0.349. The van der Waals surface area contributed by atoms with Crippen LogP contribution in [0.2, 0.25) is 0 Å². The van der Waals surface area contributed by atoms with Crippen molar-refractivity contribution in [3.63, 3.8) is 0 Å². The smallest absolute Gasteiger partial charge is 0.320 e. The van der Waals surface area contributed by atoms with Crippen LogP contribution in [0.4, 0.5) is 0 Å². The summed E-state index contributed by atoms with van der Waals surface area (Å²) in [6.07, 6.45) is 0.902. The van der Waals surface area contributed by atoms with Gasteiger partial charge < -0.3 is 10.8 Å². The molecule has 3 unspecified atom stereocenters. The Balaban J connectivity index is 2.50. The van der Waals surface area contributed by atoms with E-state index in [9.17, 15) is 4.79 Å². The number of rotatable bonds is 2. The lowest BCUT2D eigenvalue weighted by molar-refractivity contribution is -0.143.